The maximum Gasteiger partial charge on any atom is 0.0702 e. The topological polar surface area (TPSA) is 6.48 Å². The van der Waals surface area contributed by atoms with E-state index in [9.17, 15) is 0 Å². The Kier molecular flexibility index (Phi) is 8.67. The van der Waals surface area contributed by atoms with Crippen LogP contribution in [-0.2, 0) is 0 Å². The van der Waals surface area contributed by atoms with Gasteiger partial charge in [0.1, 0.15) is 0 Å². The van der Waals surface area contributed by atoms with Crippen LogP contribution in [0.5, 0.6) is 0 Å². The van der Waals surface area contributed by atoms with Gasteiger partial charge in [-0.05, 0) is 103 Å². The smallest absolute Gasteiger partial charge is 0.0702 e. The molecule has 0 amide bonds. The number of para-hydroxylation sites is 2. The highest BCUT2D eigenvalue weighted by Gasteiger charge is 2.41. The molecule has 0 spiro atoms. The van der Waals surface area contributed by atoms with E-state index in [0.717, 1.165) is 11.4 Å². The first-order valence-corrected chi connectivity index (χ1v) is 17.4. The van der Waals surface area contributed by atoms with Gasteiger partial charge in [0.25, 0.3) is 0 Å². The molecule has 0 heterocycles. The predicted molar refractivity (Wildman–Crippen MR) is 205 cm³/mol. The molecule has 0 saturated heterocycles. The summed E-state index contributed by atoms with van der Waals surface area (Å²) in [5.74, 6) is 0.931. The number of hydrogen-bond donors (Lipinski definition) is 0. The monoisotopic (exact) mass is 626 g/mol. The van der Waals surface area contributed by atoms with Crippen LogP contribution < -0.4 is 9.80 Å². The second-order valence-corrected chi connectivity index (χ2v) is 14.0. The molecule has 240 valence electrons. The zero-order valence-electron chi connectivity index (χ0n) is 29.1. The molecule has 2 atom stereocenters. The van der Waals surface area contributed by atoms with Crippen LogP contribution in [0.3, 0.4) is 0 Å². The Bertz CT molecular complexity index is 1980. The lowest BCUT2D eigenvalue weighted by Crippen LogP contribution is -2.37. The largest absolute Gasteiger partial charge is 0.333 e. The summed E-state index contributed by atoms with van der Waals surface area (Å²) in [7, 11) is 0. The minimum Gasteiger partial charge on any atom is -0.333 e. The normalized spacial score (nSPS) is 16.9. The molecular weight excluding hydrogens is 581 g/mol. The van der Waals surface area contributed by atoms with Gasteiger partial charge in [0.05, 0.1) is 11.7 Å². The summed E-state index contributed by atoms with van der Waals surface area (Å²) >= 11 is 0. The zero-order valence-corrected chi connectivity index (χ0v) is 29.1. The Morgan fingerprint density at radius 2 is 1.08 bits per heavy atom. The summed E-state index contributed by atoms with van der Waals surface area (Å²) in [6.07, 6.45) is 7.35. The van der Waals surface area contributed by atoms with Crippen molar-refractivity contribution in [3.63, 3.8) is 0 Å². The van der Waals surface area contributed by atoms with Crippen molar-refractivity contribution in [2.24, 2.45) is 11.8 Å². The van der Waals surface area contributed by atoms with Gasteiger partial charge in [-0.15, -0.1) is 0 Å². The molecule has 0 fully saturated rings. The van der Waals surface area contributed by atoms with Crippen molar-refractivity contribution in [3.8, 4) is 0 Å². The molecule has 5 aromatic carbocycles. The van der Waals surface area contributed by atoms with E-state index < -0.39 is 0 Å². The lowest BCUT2D eigenvalue weighted by Gasteiger charge is -2.46. The molecule has 0 bridgehead atoms. The molecule has 0 aromatic heterocycles. The first-order valence-electron chi connectivity index (χ1n) is 17.4. The van der Waals surface area contributed by atoms with E-state index in [-0.39, 0.29) is 12.0 Å². The van der Waals surface area contributed by atoms with Crippen molar-refractivity contribution < 1.29 is 0 Å². The molecule has 5 aromatic rings. The number of rotatable bonds is 8. The van der Waals surface area contributed by atoms with E-state index in [0.29, 0.717) is 11.8 Å². The van der Waals surface area contributed by atoms with E-state index in [1.54, 1.807) is 0 Å². The van der Waals surface area contributed by atoms with Gasteiger partial charge in [0.15, 0.2) is 0 Å². The second-order valence-electron chi connectivity index (χ2n) is 14.0. The molecule has 0 N–H and O–H groups in total. The van der Waals surface area contributed by atoms with Crippen molar-refractivity contribution in [2.75, 3.05) is 9.80 Å². The SMILES string of the molecule is Cc1ccc(N(C2=C3C=CC(C(C)C)=CC3C(N(c3ccccc3)c3ccc(C)cc3)c3ccc(C(C)C)cc32)c2ccccc2)cc1. The number of aryl methyl sites for hydroxylation is 2. The van der Waals surface area contributed by atoms with Gasteiger partial charge in [0.2, 0.25) is 0 Å². The quantitative estimate of drug-likeness (QED) is 0.169. The van der Waals surface area contributed by atoms with Crippen LogP contribution in [0.4, 0.5) is 22.7 Å². The van der Waals surface area contributed by atoms with Gasteiger partial charge >= 0.3 is 0 Å². The van der Waals surface area contributed by atoms with E-state index in [2.05, 4.69) is 197 Å². The molecule has 2 nitrogen and oxygen atoms in total. The number of hydrogen-bond acceptors (Lipinski definition) is 2. The van der Waals surface area contributed by atoms with Crippen molar-refractivity contribution in [1.29, 1.82) is 0 Å². The van der Waals surface area contributed by atoms with Crippen LogP contribution in [0.25, 0.3) is 5.70 Å². The van der Waals surface area contributed by atoms with Gasteiger partial charge in [-0.25, -0.2) is 0 Å². The number of nitrogens with zero attached hydrogens (tertiary/aromatic N) is 2. The first kappa shape index (κ1) is 31.5. The fraction of sp³-hybridized carbons (Fsp3) is 0.217. The van der Waals surface area contributed by atoms with Crippen LogP contribution in [0.1, 0.15) is 67.5 Å². The highest BCUT2D eigenvalue weighted by atomic mass is 15.2. The Labute approximate surface area is 287 Å². The summed E-state index contributed by atoms with van der Waals surface area (Å²) in [6.45, 7) is 13.5. The number of anilines is 4. The van der Waals surface area contributed by atoms with E-state index in [1.165, 1.54) is 56.0 Å². The first-order chi connectivity index (χ1) is 23.3. The zero-order chi connectivity index (χ0) is 33.4. The van der Waals surface area contributed by atoms with Gasteiger partial charge in [-0.1, -0.05) is 130 Å². The van der Waals surface area contributed by atoms with E-state index >= 15 is 0 Å². The van der Waals surface area contributed by atoms with E-state index in [1.807, 2.05) is 0 Å². The standard InChI is InChI=1S/C46H46N2/c1-31(2)35-21-27-41-43(29-35)45(47(37-13-9-7-10-14-37)39-23-17-33(5)18-24-39)42-28-22-36(32(3)4)30-44(42)46(41)48(38-15-11-8-12-16-38)40-25-19-34(6)20-26-40/h7-32,43,45H,1-6H3. The molecule has 48 heavy (non-hydrogen) atoms. The van der Waals surface area contributed by atoms with Crippen LogP contribution in [0, 0.1) is 25.7 Å². The van der Waals surface area contributed by atoms with Crippen molar-refractivity contribution >= 4 is 28.4 Å². The maximum absolute atomic E-state index is 2.58. The number of benzene rings is 5. The third-order valence-electron chi connectivity index (χ3n) is 9.94. The molecule has 2 aliphatic rings. The van der Waals surface area contributed by atoms with E-state index in [4.69, 9.17) is 0 Å². The fourth-order valence-corrected chi connectivity index (χ4v) is 7.27. The summed E-state index contributed by atoms with van der Waals surface area (Å²) in [4.78, 5) is 5.08. The predicted octanol–water partition coefficient (Wildman–Crippen LogP) is 12.6. The molecule has 0 aliphatic heterocycles. The lowest BCUT2D eigenvalue weighted by molar-refractivity contribution is 0.562. The Balaban J connectivity index is 1.57. The fourth-order valence-electron chi connectivity index (χ4n) is 7.27. The van der Waals surface area contributed by atoms with Crippen LogP contribution in [0.15, 0.2) is 157 Å². The summed E-state index contributed by atoms with van der Waals surface area (Å²) in [5, 5.41) is 0. The summed E-state index contributed by atoms with van der Waals surface area (Å²) in [5.41, 5.74) is 15.2. The molecule has 2 aliphatic carbocycles. The third-order valence-corrected chi connectivity index (χ3v) is 9.94. The second kappa shape index (κ2) is 13.2. The van der Waals surface area contributed by atoms with Gasteiger partial charge in [-0.3, -0.25) is 0 Å². The van der Waals surface area contributed by atoms with Gasteiger partial charge in [-0.2, -0.15) is 0 Å². The van der Waals surface area contributed by atoms with Crippen LogP contribution in [-0.4, -0.2) is 0 Å². The van der Waals surface area contributed by atoms with Crippen LogP contribution >= 0.6 is 0 Å². The lowest BCUT2D eigenvalue weighted by atomic mass is 9.71. The van der Waals surface area contributed by atoms with Gasteiger partial charge in [0, 0.05) is 34.2 Å². The third kappa shape index (κ3) is 5.92. The average molecular weight is 627 g/mol. The number of fused-ring (bicyclic) bond motifs is 2. The van der Waals surface area contributed by atoms with Crippen molar-refractivity contribution in [3.05, 3.63) is 185 Å². The molecular formula is C46H46N2. The van der Waals surface area contributed by atoms with Crippen molar-refractivity contribution in [2.45, 2.75) is 53.5 Å². The Hall–Kier alpha value is -5.08. The molecule has 7 rings (SSSR count). The highest BCUT2D eigenvalue weighted by Crippen LogP contribution is 2.54. The average Bonchev–Trinajstić information content (AvgIpc) is 3.11. The minimum atomic E-state index is 0.0411. The van der Waals surface area contributed by atoms with Gasteiger partial charge < -0.3 is 9.80 Å². The molecule has 2 heteroatoms. The van der Waals surface area contributed by atoms with Crippen LogP contribution in [0.2, 0.25) is 0 Å². The number of allylic oxidation sites excluding steroid dienone is 3. The molecule has 2 unspecified atom stereocenters. The summed E-state index contributed by atoms with van der Waals surface area (Å²) < 4.78 is 0. The van der Waals surface area contributed by atoms with Crippen molar-refractivity contribution in [1.82, 2.24) is 0 Å². The molecule has 0 saturated carbocycles. The Morgan fingerprint density at radius 1 is 0.542 bits per heavy atom. The maximum atomic E-state index is 2.58. The Morgan fingerprint density at radius 3 is 1.67 bits per heavy atom. The molecule has 0 radical (unpaired) electrons. The summed E-state index contributed by atoms with van der Waals surface area (Å²) in [6, 6.07) is 47.2. The minimum absolute atomic E-state index is 0.0411. The highest BCUT2D eigenvalue weighted by molar-refractivity contribution is 5.94.